The molecule has 9 heteroatoms. The van der Waals surface area contributed by atoms with Gasteiger partial charge in [0.25, 0.3) is 0 Å². The summed E-state index contributed by atoms with van der Waals surface area (Å²) in [5, 5.41) is 3.71. The molecule has 0 radical (unpaired) electrons. The van der Waals surface area contributed by atoms with Crippen LogP contribution in [0.25, 0.3) is 0 Å². The van der Waals surface area contributed by atoms with Gasteiger partial charge in [-0.2, -0.15) is 0 Å². The fourth-order valence-corrected chi connectivity index (χ4v) is 3.51. The second-order valence-electron chi connectivity index (χ2n) is 7.43. The van der Waals surface area contributed by atoms with Crippen molar-refractivity contribution >= 4 is 37.1 Å². The molecule has 0 bridgehead atoms. The van der Waals surface area contributed by atoms with E-state index in [9.17, 15) is 0 Å². The van der Waals surface area contributed by atoms with Gasteiger partial charge in [0.15, 0.2) is 0 Å². The average molecular weight is 408 g/mol. The van der Waals surface area contributed by atoms with Gasteiger partial charge in [0.05, 0.1) is 6.04 Å². The van der Waals surface area contributed by atoms with E-state index in [1.807, 2.05) is 18.9 Å². The molecule has 3 N–H and O–H groups in total. The van der Waals surface area contributed by atoms with Crippen molar-refractivity contribution in [1.29, 1.82) is 0 Å². The van der Waals surface area contributed by atoms with E-state index < -0.39 is 8.07 Å². The van der Waals surface area contributed by atoms with Crippen LogP contribution in [0.15, 0.2) is 0 Å². The van der Waals surface area contributed by atoms with Crippen LogP contribution in [0.3, 0.4) is 0 Å². The SMILES string of the molecule is CNC(C)[C@@H](CN)N(COCC[Si](C)(C)C)c1nc(Cl)nc(Cl)c1C. The summed E-state index contributed by atoms with van der Waals surface area (Å²) >= 11 is 12.2. The van der Waals surface area contributed by atoms with E-state index in [2.05, 4.69) is 41.8 Å². The van der Waals surface area contributed by atoms with Crippen LogP contribution in [-0.4, -0.2) is 57.1 Å². The van der Waals surface area contributed by atoms with E-state index in [4.69, 9.17) is 33.7 Å². The van der Waals surface area contributed by atoms with Crippen molar-refractivity contribution in [2.24, 2.45) is 5.73 Å². The van der Waals surface area contributed by atoms with E-state index >= 15 is 0 Å². The maximum absolute atomic E-state index is 6.20. The highest BCUT2D eigenvalue weighted by molar-refractivity contribution is 6.76. The van der Waals surface area contributed by atoms with Gasteiger partial charge < -0.3 is 20.7 Å². The molecule has 0 saturated heterocycles. The fourth-order valence-electron chi connectivity index (χ4n) is 2.38. The third-order valence-corrected chi connectivity index (χ3v) is 6.45. The minimum absolute atomic E-state index is 0.0161. The number of nitrogens with one attached hydrogen (secondary N) is 1. The maximum atomic E-state index is 6.20. The van der Waals surface area contributed by atoms with Crippen LogP contribution in [0.1, 0.15) is 12.5 Å². The Morgan fingerprint density at radius 1 is 1.28 bits per heavy atom. The molecule has 0 aliphatic heterocycles. The first-order valence-electron chi connectivity index (χ1n) is 8.52. The highest BCUT2D eigenvalue weighted by atomic mass is 35.5. The van der Waals surface area contributed by atoms with E-state index in [0.29, 0.717) is 30.9 Å². The molecule has 144 valence electrons. The second kappa shape index (κ2) is 10.0. The van der Waals surface area contributed by atoms with Crippen LogP contribution in [0.4, 0.5) is 5.82 Å². The molecule has 0 saturated carbocycles. The Bertz CT molecular complexity index is 556. The molecule has 0 fully saturated rings. The van der Waals surface area contributed by atoms with Gasteiger partial charge in [0.2, 0.25) is 5.28 Å². The molecule has 1 aromatic heterocycles. The van der Waals surface area contributed by atoms with Gasteiger partial charge in [0, 0.05) is 32.8 Å². The fraction of sp³-hybridized carbons (Fsp3) is 0.750. The quantitative estimate of drug-likeness (QED) is 0.204. The van der Waals surface area contributed by atoms with E-state index in [1.54, 1.807) is 0 Å². The third kappa shape index (κ3) is 7.00. The molecule has 25 heavy (non-hydrogen) atoms. The topological polar surface area (TPSA) is 76.3 Å². The van der Waals surface area contributed by atoms with Crippen LogP contribution in [0, 0.1) is 6.92 Å². The van der Waals surface area contributed by atoms with Crippen LogP contribution < -0.4 is 16.0 Å². The summed E-state index contributed by atoms with van der Waals surface area (Å²) < 4.78 is 5.97. The van der Waals surface area contributed by atoms with Gasteiger partial charge >= 0.3 is 0 Å². The highest BCUT2D eigenvalue weighted by Gasteiger charge is 2.27. The van der Waals surface area contributed by atoms with Crippen molar-refractivity contribution in [3.8, 4) is 0 Å². The monoisotopic (exact) mass is 407 g/mol. The van der Waals surface area contributed by atoms with Crippen LogP contribution >= 0.6 is 23.2 Å². The molecule has 0 amide bonds. The summed E-state index contributed by atoms with van der Waals surface area (Å²) in [4.78, 5) is 10.4. The molecule has 0 spiro atoms. The molecule has 1 heterocycles. The zero-order chi connectivity index (χ0) is 19.2. The Morgan fingerprint density at radius 3 is 2.44 bits per heavy atom. The smallest absolute Gasteiger partial charge is 0.225 e. The first-order valence-corrected chi connectivity index (χ1v) is 13.0. The van der Waals surface area contributed by atoms with Gasteiger partial charge in [-0.1, -0.05) is 31.2 Å². The Kier molecular flexibility index (Phi) is 9.07. The van der Waals surface area contributed by atoms with Crippen molar-refractivity contribution in [3.63, 3.8) is 0 Å². The molecular formula is C16H31Cl2N5OSi. The van der Waals surface area contributed by atoms with Gasteiger partial charge in [-0.3, -0.25) is 0 Å². The normalized spacial score (nSPS) is 14.4. The third-order valence-electron chi connectivity index (χ3n) is 4.21. The van der Waals surface area contributed by atoms with Crippen molar-refractivity contribution in [1.82, 2.24) is 15.3 Å². The lowest BCUT2D eigenvalue weighted by atomic mass is 10.1. The number of halogens is 2. The molecule has 0 aromatic carbocycles. The van der Waals surface area contributed by atoms with Gasteiger partial charge in [0.1, 0.15) is 17.7 Å². The van der Waals surface area contributed by atoms with Gasteiger partial charge in [-0.25, -0.2) is 9.97 Å². The van der Waals surface area contributed by atoms with E-state index in [0.717, 1.165) is 11.6 Å². The molecule has 1 unspecified atom stereocenters. The summed E-state index contributed by atoms with van der Waals surface area (Å²) in [6.07, 6.45) is 0. The highest BCUT2D eigenvalue weighted by Crippen LogP contribution is 2.27. The number of hydrogen-bond donors (Lipinski definition) is 2. The zero-order valence-corrected chi connectivity index (χ0v) is 18.6. The van der Waals surface area contributed by atoms with Crippen LogP contribution in [0.2, 0.25) is 36.1 Å². The maximum Gasteiger partial charge on any atom is 0.225 e. The lowest BCUT2D eigenvalue weighted by Crippen LogP contribution is -2.53. The molecular weight excluding hydrogens is 377 g/mol. The number of hydrogen-bond acceptors (Lipinski definition) is 6. The minimum Gasteiger partial charge on any atom is -0.361 e. The molecule has 6 nitrogen and oxygen atoms in total. The van der Waals surface area contributed by atoms with E-state index in [-0.39, 0.29) is 17.4 Å². The van der Waals surface area contributed by atoms with Crippen molar-refractivity contribution in [2.75, 3.05) is 31.8 Å². The summed E-state index contributed by atoms with van der Waals surface area (Å²) in [6, 6.07) is 1.22. The second-order valence-corrected chi connectivity index (χ2v) is 13.7. The molecule has 1 aromatic rings. The Hall–Kier alpha value is -0.443. The average Bonchev–Trinajstić information content (AvgIpc) is 2.52. The van der Waals surface area contributed by atoms with Gasteiger partial charge in [-0.05, 0) is 38.5 Å². The molecule has 0 aliphatic rings. The number of likely N-dealkylation sites (N-methyl/N-ethyl adjacent to an activating group) is 1. The summed E-state index contributed by atoms with van der Waals surface area (Å²) in [5.41, 5.74) is 6.81. The van der Waals surface area contributed by atoms with Gasteiger partial charge in [-0.15, -0.1) is 0 Å². The summed E-state index contributed by atoms with van der Waals surface area (Å²) in [7, 11) is 0.757. The molecule has 2 atom stereocenters. The largest absolute Gasteiger partial charge is 0.361 e. The number of nitrogens with two attached hydrogens (primary N) is 1. The predicted octanol–water partition coefficient (Wildman–Crippen LogP) is 3.15. The van der Waals surface area contributed by atoms with Crippen molar-refractivity contribution in [3.05, 3.63) is 16.0 Å². The standard InChI is InChI=1S/C16H31Cl2N5OSi/c1-11-14(17)21-16(18)22-15(11)23(13(9-19)12(2)20-3)10-24-7-8-25(4,5)6/h12-13,20H,7-10,19H2,1-6H3/t12?,13-/m1/s1. The molecule has 1 rings (SSSR count). The van der Waals surface area contributed by atoms with E-state index in [1.165, 1.54) is 0 Å². The number of nitrogens with zero attached hydrogens (tertiary/aromatic N) is 3. The summed E-state index contributed by atoms with van der Waals surface area (Å²) in [5.74, 6) is 0.663. The van der Waals surface area contributed by atoms with Crippen molar-refractivity contribution < 1.29 is 4.74 Å². The lowest BCUT2D eigenvalue weighted by Gasteiger charge is -2.36. The number of aromatic nitrogens is 2. The predicted molar refractivity (Wildman–Crippen MR) is 110 cm³/mol. The number of rotatable bonds is 10. The Morgan fingerprint density at radius 2 is 1.92 bits per heavy atom. The first-order chi connectivity index (χ1) is 11.6. The van der Waals surface area contributed by atoms with Crippen molar-refractivity contribution in [2.45, 2.75) is 51.6 Å². The Balaban J connectivity index is 3.07. The van der Waals surface area contributed by atoms with Crippen LogP contribution in [-0.2, 0) is 4.74 Å². The first kappa shape index (κ1) is 22.6. The number of anilines is 1. The molecule has 0 aliphatic carbocycles. The van der Waals surface area contributed by atoms with Crippen LogP contribution in [0.5, 0.6) is 0 Å². The summed E-state index contributed by atoms with van der Waals surface area (Å²) in [6.45, 7) is 12.5. The zero-order valence-electron chi connectivity index (χ0n) is 16.1. The number of ether oxygens (including phenoxy) is 1. The Labute approximate surface area is 162 Å². The lowest BCUT2D eigenvalue weighted by molar-refractivity contribution is 0.137. The minimum atomic E-state index is -1.15.